The summed E-state index contributed by atoms with van der Waals surface area (Å²) >= 11 is 12.5. The number of hydrazine groups is 1. The van der Waals surface area contributed by atoms with E-state index in [0.717, 1.165) is 10.6 Å². The van der Waals surface area contributed by atoms with Gasteiger partial charge in [0.1, 0.15) is 11.6 Å². The fourth-order valence-electron chi connectivity index (χ4n) is 8.73. The van der Waals surface area contributed by atoms with E-state index < -0.39 is 52.6 Å². The van der Waals surface area contributed by atoms with E-state index in [-0.39, 0.29) is 30.4 Å². The van der Waals surface area contributed by atoms with Crippen molar-refractivity contribution in [2.24, 2.45) is 23.7 Å². The van der Waals surface area contributed by atoms with Crippen LogP contribution in [-0.4, -0.2) is 33.7 Å². The molecule has 2 aliphatic carbocycles. The van der Waals surface area contributed by atoms with Gasteiger partial charge in [-0.25, -0.2) is 4.39 Å². The molecule has 8 rings (SSSR count). The third kappa shape index (κ3) is 4.71. The van der Waals surface area contributed by atoms with Crippen LogP contribution < -0.4 is 10.3 Å². The van der Waals surface area contributed by atoms with E-state index in [0.29, 0.717) is 38.1 Å². The Hall–Kier alpha value is -4.99. The average molecular weight is 711 g/mol. The molecule has 4 aliphatic rings. The predicted molar refractivity (Wildman–Crippen MR) is 186 cm³/mol. The number of hydrogen-bond acceptors (Lipinski definition) is 6. The van der Waals surface area contributed by atoms with Crippen molar-refractivity contribution in [2.45, 2.75) is 31.1 Å². The summed E-state index contributed by atoms with van der Waals surface area (Å²) in [6, 6.07) is 23.8. The van der Waals surface area contributed by atoms with Crippen molar-refractivity contribution in [3.8, 4) is 5.75 Å². The summed E-state index contributed by atoms with van der Waals surface area (Å²) in [6.45, 7) is 1.75. The lowest BCUT2D eigenvalue weighted by molar-refractivity contribution is -0.138. The van der Waals surface area contributed by atoms with Crippen LogP contribution in [0.2, 0.25) is 10.0 Å². The fourth-order valence-corrected chi connectivity index (χ4v) is 8.99. The third-order valence-corrected chi connectivity index (χ3v) is 11.4. The van der Waals surface area contributed by atoms with E-state index in [1.54, 1.807) is 73.7 Å². The van der Waals surface area contributed by atoms with Gasteiger partial charge in [-0.3, -0.25) is 29.5 Å². The number of nitrogens with one attached hydrogen (secondary N) is 1. The van der Waals surface area contributed by atoms with Gasteiger partial charge in [0.2, 0.25) is 11.8 Å². The summed E-state index contributed by atoms with van der Waals surface area (Å²) in [5, 5.41) is 12.5. The number of carbonyl (C=O) groups excluding carboxylic acids is 4. The van der Waals surface area contributed by atoms with E-state index in [1.807, 2.05) is 6.08 Å². The second-order valence-electron chi connectivity index (χ2n) is 13.4. The molecule has 6 atom stereocenters. The Kier molecular flexibility index (Phi) is 7.62. The molecule has 0 spiro atoms. The minimum absolute atomic E-state index is 0.0690. The van der Waals surface area contributed by atoms with Crippen molar-refractivity contribution in [3.63, 3.8) is 0 Å². The monoisotopic (exact) mass is 709 g/mol. The highest BCUT2D eigenvalue weighted by Gasteiger charge is 2.70. The summed E-state index contributed by atoms with van der Waals surface area (Å²) in [5.74, 6) is -5.86. The maximum Gasteiger partial charge on any atom is 0.260 e. The van der Waals surface area contributed by atoms with Crippen molar-refractivity contribution in [1.82, 2.24) is 5.01 Å². The van der Waals surface area contributed by atoms with Gasteiger partial charge in [0.25, 0.3) is 11.8 Å². The molecule has 2 N–H and O–H groups in total. The van der Waals surface area contributed by atoms with Gasteiger partial charge in [0, 0.05) is 16.0 Å². The first-order valence-corrected chi connectivity index (χ1v) is 17.1. The van der Waals surface area contributed by atoms with Crippen molar-refractivity contribution in [2.75, 3.05) is 10.3 Å². The van der Waals surface area contributed by atoms with E-state index in [4.69, 9.17) is 23.2 Å². The standard InChI is InChI=1S/C39H30Cl2FN3O5/c1-20-18-21(2-17-32(20)46)34-28-15-16-29-33(37(49)44(35(29)47)27-13-7-24(41)8-14-27)30(28)19-31-36(48)45(43-26-11-9-25(42)10-12-26)38(50)39(31,34)22-3-5-23(40)6-4-22/h2-15,17-18,29-31,33-34,43,46H,16,19H2,1H3. The van der Waals surface area contributed by atoms with Crippen molar-refractivity contribution in [3.05, 3.63) is 135 Å². The van der Waals surface area contributed by atoms with Gasteiger partial charge in [-0.1, -0.05) is 59.1 Å². The number of aryl methyl sites for hydroxylation is 1. The summed E-state index contributed by atoms with van der Waals surface area (Å²) in [5.41, 5.74) is 4.77. The number of allylic oxidation sites excluding steroid dienone is 2. The number of aromatic hydroxyl groups is 1. The average Bonchev–Trinajstić information content (AvgIpc) is 3.48. The number of hydrogen-bond donors (Lipinski definition) is 2. The molecule has 3 fully saturated rings. The zero-order chi connectivity index (χ0) is 35.1. The Balaban J connectivity index is 1.32. The Morgan fingerprint density at radius 3 is 2.14 bits per heavy atom. The van der Waals surface area contributed by atoms with Crippen molar-refractivity contribution >= 4 is 58.2 Å². The number of halogens is 3. The zero-order valence-electron chi connectivity index (χ0n) is 26.6. The Morgan fingerprint density at radius 2 is 1.48 bits per heavy atom. The largest absolute Gasteiger partial charge is 0.508 e. The van der Waals surface area contributed by atoms with Crippen molar-refractivity contribution in [1.29, 1.82) is 0 Å². The van der Waals surface area contributed by atoms with Gasteiger partial charge in [-0.05, 0) is 109 Å². The maximum atomic E-state index is 15.2. The smallest absolute Gasteiger partial charge is 0.260 e. The van der Waals surface area contributed by atoms with Crippen LogP contribution in [-0.2, 0) is 24.6 Å². The van der Waals surface area contributed by atoms with E-state index >= 15 is 4.79 Å². The summed E-state index contributed by atoms with van der Waals surface area (Å²) in [6.07, 6.45) is 2.35. The maximum absolute atomic E-state index is 15.2. The number of imide groups is 2. The lowest BCUT2D eigenvalue weighted by Gasteiger charge is -2.50. The molecule has 0 bridgehead atoms. The van der Waals surface area contributed by atoms with E-state index in [9.17, 15) is 23.9 Å². The lowest BCUT2D eigenvalue weighted by atomic mass is 9.49. The molecule has 4 amide bonds. The minimum Gasteiger partial charge on any atom is -0.508 e. The molecule has 0 radical (unpaired) electrons. The van der Waals surface area contributed by atoms with Crippen LogP contribution in [0.25, 0.3) is 0 Å². The number of benzene rings is 4. The first-order chi connectivity index (χ1) is 24.0. The number of anilines is 2. The fraction of sp³-hybridized carbons (Fsp3) is 0.231. The normalized spacial score (nSPS) is 27.2. The van der Waals surface area contributed by atoms with E-state index in [1.165, 1.54) is 29.2 Å². The Labute approximate surface area is 297 Å². The minimum atomic E-state index is -1.51. The topological polar surface area (TPSA) is 107 Å². The van der Waals surface area contributed by atoms with Gasteiger partial charge < -0.3 is 5.11 Å². The molecule has 8 nitrogen and oxygen atoms in total. The van der Waals surface area contributed by atoms with Crippen LogP contribution in [0.1, 0.15) is 35.4 Å². The first kappa shape index (κ1) is 32.2. The number of amides is 4. The molecule has 11 heteroatoms. The highest BCUT2D eigenvalue weighted by atomic mass is 35.5. The Morgan fingerprint density at radius 1 is 0.820 bits per heavy atom. The van der Waals surface area contributed by atoms with Gasteiger partial charge >= 0.3 is 0 Å². The molecule has 2 heterocycles. The SMILES string of the molecule is Cc1cc(C2C3=CCC4C(=O)N(c5ccc(Cl)cc5)C(=O)C4C3CC3C(=O)N(Nc4ccc(F)cc4)C(=O)C32c2ccc(Cl)cc2)ccc1O. The molecular weight excluding hydrogens is 680 g/mol. The van der Waals surface area contributed by atoms with E-state index in [2.05, 4.69) is 5.43 Å². The first-order valence-electron chi connectivity index (χ1n) is 16.3. The van der Waals surface area contributed by atoms with Crippen LogP contribution in [0.3, 0.4) is 0 Å². The number of phenolic OH excluding ortho intramolecular Hbond substituents is 1. The number of phenols is 1. The number of rotatable bonds is 5. The number of nitrogens with zero attached hydrogens (tertiary/aromatic N) is 2. The third-order valence-electron chi connectivity index (χ3n) is 10.9. The molecule has 4 aromatic carbocycles. The lowest BCUT2D eigenvalue weighted by Crippen LogP contribution is -2.53. The van der Waals surface area contributed by atoms with Crippen molar-refractivity contribution < 1.29 is 28.7 Å². The van der Waals surface area contributed by atoms with Crippen LogP contribution in [0.5, 0.6) is 5.75 Å². The number of fused-ring (bicyclic) bond motifs is 4. The molecule has 1 saturated carbocycles. The zero-order valence-corrected chi connectivity index (χ0v) is 28.2. The molecule has 252 valence electrons. The summed E-state index contributed by atoms with van der Waals surface area (Å²) in [7, 11) is 0. The predicted octanol–water partition coefficient (Wildman–Crippen LogP) is 7.34. The molecule has 50 heavy (non-hydrogen) atoms. The Bertz CT molecular complexity index is 2120. The van der Waals surface area contributed by atoms with Crippen LogP contribution in [0, 0.1) is 36.4 Å². The molecular formula is C39H30Cl2FN3O5. The molecule has 4 aromatic rings. The summed E-state index contributed by atoms with van der Waals surface area (Å²) in [4.78, 5) is 59.4. The molecule has 2 aliphatic heterocycles. The molecule has 2 saturated heterocycles. The quantitative estimate of drug-likeness (QED) is 0.166. The van der Waals surface area contributed by atoms with Crippen LogP contribution in [0.4, 0.5) is 15.8 Å². The van der Waals surface area contributed by atoms with Gasteiger partial charge in [0.05, 0.1) is 34.5 Å². The van der Waals surface area contributed by atoms with Gasteiger partial charge in [-0.15, -0.1) is 0 Å². The summed E-state index contributed by atoms with van der Waals surface area (Å²) < 4.78 is 13.8. The second kappa shape index (κ2) is 11.8. The number of carbonyl (C=O) groups is 4. The highest BCUT2D eigenvalue weighted by molar-refractivity contribution is 6.31. The molecule has 6 unspecified atom stereocenters. The van der Waals surface area contributed by atoms with Crippen LogP contribution >= 0.6 is 23.2 Å². The highest BCUT2D eigenvalue weighted by Crippen LogP contribution is 2.64. The molecule has 0 aromatic heterocycles. The van der Waals surface area contributed by atoms with Crippen LogP contribution in [0.15, 0.2) is 103 Å². The van der Waals surface area contributed by atoms with Gasteiger partial charge in [0.15, 0.2) is 0 Å². The van der Waals surface area contributed by atoms with Gasteiger partial charge in [-0.2, -0.15) is 5.01 Å². The second-order valence-corrected chi connectivity index (χ2v) is 14.3.